The molecule has 2 aromatic rings. The van der Waals surface area contributed by atoms with Crippen LogP contribution in [0.25, 0.3) is 0 Å². The van der Waals surface area contributed by atoms with Crippen molar-refractivity contribution in [1.82, 2.24) is 0 Å². The summed E-state index contributed by atoms with van der Waals surface area (Å²) >= 11 is 0. The second-order valence-electron chi connectivity index (χ2n) is 4.16. The molecule has 0 saturated carbocycles. The predicted octanol–water partition coefficient (Wildman–Crippen LogP) is 2.75. The molecule has 0 N–H and O–H groups in total. The van der Waals surface area contributed by atoms with Crippen molar-refractivity contribution in [1.29, 1.82) is 5.26 Å². The Morgan fingerprint density at radius 2 is 1.76 bits per heavy atom. The monoisotopic (exact) mass is 301 g/mol. The van der Waals surface area contributed by atoms with Crippen molar-refractivity contribution >= 4 is 10.8 Å². The van der Waals surface area contributed by atoms with Gasteiger partial charge in [0.2, 0.25) is 0 Å². The molecular formula is C16H15NO3S. The van der Waals surface area contributed by atoms with Crippen molar-refractivity contribution in [2.75, 3.05) is 19.5 Å². The van der Waals surface area contributed by atoms with E-state index in [1.807, 2.05) is 12.1 Å². The lowest BCUT2D eigenvalue weighted by molar-refractivity contribution is 0.341. The highest BCUT2D eigenvalue weighted by Gasteiger charge is 2.10. The zero-order valence-electron chi connectivity index (χ0n) is 11.6. The highest BCUT2D eigenvalue weighted by molar-refractivity contribution is 7.85. The van der Waals surface area contributed by atoms with Crippen LogP contribution < -0.4 is 9.47 Å². The van der Waals surface area contributed by atoms with E-state index in [4.69, 9.17) is 14.7 Å². The smallest absolute Gasteiger partial charge is 0.137 e. The van der Waals surface area contributed by atoms with Gasteiger partial charge in [-0.05, 0) is 24.3 Å². The van der Waals surface area contributed by atoms with Gasteiger partial charge in [0.05, 0.1) is 34.1 Å². The molecule has 4 nitrogen and oxygen atoms in total. The Hall–Kier alpha value is -2.32. The van der Waals surface area contributed by atoms with Gasteiger partial charge < -0.3 is 9.47 Å². The summed E-state index contributed by atoms with van der Waals surface area (Å²) in [5, 5.41) is 8.97. The highest BCUT2D eigenvalue weighted by Crippen LogP contribution is 2.22. The first-order chi connectivity index (χ1) is 10.3. The number of ether oxygens (including phenoxy) is 2. The molecule has 0 aliphatic carbocycles. The maximum Gasteiger partial charge on any atom is 0.137 e. The molecule has 0 spiro atoms. The summed E-state index contributed by atoms with van der Waals surface area (Å²) in [4.78, 5) is 0.650. The van der Waals surface area contributed by atoms with E-state index in [1.165, 1.54) is 0 Å². The van der Waals surface area contributed by atoms with Crippen molar-refractivity contribution < 1.29 is 13.7 Å². The molecule has 21 heavy (non-hydrogen) atoms. The molecule has 108 valence electrons. The van der Waals surface area contributed by atoms with E-state index in [2.05, 4.69) is 6.07 Å². The van der Waals surface area contributed by atoms with Gasteiger partial charge in [-0.1, -0.05) is 24.3 Å². The van der Waals surface area contributed by atoms with Crippen LogP contribution in [0.3, 0.4) is 0 Å². The minimum atomic E-state index is -1.21. The van der Waals surface area contributed by atoms with Crippen LogP contribution in [0.4, 0.5) is 0 Å². The molecule has 0 aliphatic heterocycles. The fourth-order valence-electron chi connectivity index (χ4n) is 1.83. The van der Waals surface area contributed by atoms with Gasteiger partial charge in [0.15, 0.2) is 0 Å². The Kier molecular flexibility index (Phi) is 5.35. The van der Waals surface area contributed by atoms with Crippen LogP contribution in [0.2, 0.25) is 0 Å². The van der Waals surface area contributed by atoms with Crippen LogP contribution in [0.5, 0.6) is 11.5 Å². The van der Waals surface area contributed by atoms with Gasteiger partial charge in [0.1, 0.15) is 24.2 Å². The van der Waals surface area contributed by atoms with Crippen molar-refractivity contribution in [3.8, 4) is 17.6 Å². The van der Waals surface area contributed by atoms with Gasteiger partial charge in [0.25, 0.3) is 0 Å². The lowest BCUT2D eigenvalue weighted by atomic mass is 10.2. The van der Waals surface area contributed by atoms with Crippen molar-refractivity contribution in [3.63, 3.8) is 0 Å². The van der Waals surface area contributed by atoms with Crippen LogP contribution in [0, 0.1) is 11.3 Å². The van der Waals surface area contributed by atoms with Gasteiger partial charge in [-0.15, -0.1) is 0 Å². The maximum absolute atomic E-state index is 12.3. The van der Waals surface area contributed by atoms with Gasteiger partial charge in [-0.3, -0.25) is 4.21 Å². The summed E-state index contributed by atoms with van der Waals surface area (Å²) in [5.41, 5.74) is 0.473. The van der Waals surface area contributed by atoms with Gasteiger partial charge in [-0.25, -0.2) is 0 Å². The molecule has 1 unspecified atom stereocenters. The minimum absolute atomic E-state index is 0.267. The van der Waals surface area contributed by atoms with Crippen molar-refractivity contribution in [3.05, 3.63) is 54.1 Å². The molecule has 2 rings (SSSR count). The molecular weight excluding hydrogens is 286 g/mol. The topological polar surface area (TPSA) is 59.3 Å². The van der Waals surface area contributed by atoms with Crippen molar-refractivity contribution in [2.45, 2.75) is 4.90 Å². The Bertz CT molecular complexity index is 679. The van der Waals surface area contributed by atoms with E-state index in [0.29, 0.717) is 27.7 Å². The summed E-state index contributed by atoms with van der Waals surface area (Å²) in [6.07, 6.45) is 0. The van der Waals surface area contributed by atoms with E-state index in [0.717, 1.165) is 0 Å². The quantitative estimate of drug-likeness (QED) is 0.823. The van der Waals surface area contributed by atoms with Crippen LogP contribution in [-0.2, 0) is 10.8 Å². The Labute approximate surface area is 126 Å². The van der Waals surface area contributed by atoms with Gasteiger partial charge >= 0.3 is 0 Å². The largest absolute Gasteiger partial charge is 0.495 e. The number of methoxy groups -OCH3 is 1. The molecule has 0 amide bonds. The SMILES string of the molecule is COc1ccccc1S(=O)CCOc1ccccc1C#N. The highest BCUT2D eigenvalue weighted by atomic mass is 32.2. The van der Waals surface area contributed by atoms with Crippen LogP contribution in [0.1, 0.15) is 5.56 Å². The first kappa shape index (κ1) is 15.1. The number of rotatable bonds is 6. The third-order valence-corrected chi connectivity index (χ3v) is 4.21. The fourth-order valence-corrected chi connectivity index (χ4v) is 2.89. The van der Waals surface area contributed by atoms with E-state index in [1.54, 1.807) is 43.5 Å². The molecule has 0 heterocycles. The summed E-state index contributed by atoms with van der Waals surface area (Å²) < 4.78 is 23.0. The molecule has 5 heteroatoms. The van der Waals surface area contributed by atoms with E-state index in [-0.39, 0.29) is 6.61 Å². The molecule has 0 bridgehead atoms. The van der Waals surface area contributed by atoms with Gasteiger partial charge in [-0.2, -0.15) is 5.26 Å². The number of nitriles is 1. The number of nitrogens with zero attached hydrogens (tertiary/aromatic N) is 1. The average Bonchev–Trinajstić information content (AvgIpc) is 2.55. The third-order valence-electron chi connectivity index (χ3n) is 2.85. The second-order valence-corrected chi connectivity index (χ2v) is 5.70. The zero-order valence-corrected chi connectivity index (χ0v) is 12.4. The van der Waals surface area contributed by atoms with Crippen molar-refractivity contribution in [2.24, 2.45) is 0 Å². The molecule has 0 saturated heterocycles. The lowest BCUT2D eigenvalue weighted by Gasteiger charge is -2.09. The lowest BCUT2D eigenvalue weighted by Crippen LogP contribution is -2.10. The number of benzene rings is 2. The number of para-hydroxylation sites is 2. The predicted molar refractivity (Wildman–Crippen MR) is 80.9 cm³/mol. The molecule has 0 aliphatic rings. The summed E-state index contributed by atoms with van der Waals surface area (Å²) in [5.74, 6) is 1.45. The van der Waals surface area contributed by atoms with E-state index >= 15 is 0 Å². The Balaban J connectivity index is 1.97. The van der Waals surface area contributed by atoms with E-state index in [9.17, 15) is 4.21 Å². The number of hydrogen-bond acceptors (Lipinski definition) is 4. The van der Waals surface area contributed by atoms with Crippen LogP contribution >= 0.6 is 0 Å². The minimum Gasteiger partial charge on any atom is -0.495 e. The maximum atomic E-state index is 12.3. The van der Waals surface area contributed by atoms with E-state index < -0.39 is 10.8 Å². The molecule has 0 radical (unpaired) electrons. The normalized spacial score (nSPS) is 11.4. The summed E-state index contributed by atoms with van der Waals surface area (Å²) in [7, 11) is 0.341. The molecule has 1 atom stereocenters. The molecule has 2 aromatic carbocycles. The third kappa shape index (κ3) is 3.83. The second kappa shape index (κ2) is 7.46. The standard InChI is InChI=1S/C16H15NO3S/c1-19-15-8-4-5-9-16(15)21(18)11-10-20-14-7-3-2-6-13(14)12-17/h2-9H,10-11H2,1H3. The average molecular weight is 301 g/mol. The fraction of sp³-hybridized carbons (Fsp3) is 0.188. The Morgan fingerprint density at radius 1 is 1.10 bits per heavy atom. The van der Waals surface area contributed by atoms with Gasteiger partial charge in [0, 0.05) is 0 Å². The Morgan fingerprint density at radius 3 is 2.48 bits per heavy atom. The first-order valence-corrected chi connectivity index (χ1v) is 7.71. The molecule has 0 aromatic heterocycles. The summed E-state index contributed by atoms with van der Waals surface area (Å²) in [6, 6.07) is 16.3. The van der Waals surface area contributed by atoms with Crippen LogP contribution in [0.15, 0.2) is 53.4 Å². The van der Waals surface area contributed by atoms with Crippen LogP contribution in [-0.4, -0.2) is 23.7 Å². The zero-order chi connectivity index (χ0) is 15.1. The number of hydrogen-bond donors (Lipinski definition) is 0. The summed E-state index contributed by atoms with van der Waals surface area (Å²) in [6.45, 7) is 0.267. The first-order valence-electron chi connectivity index (χ1n) is 6.39. The molecule has 0 fully saturated rings.